The Morgan fingerprint density at radius 2 is 2.14 bits per heavy atom. The van der Waals surface area contributed by atoms with Crippen molar-refractivity contribution in [1.82, 2.24) is 5.32 Å². The lowest BCUT2D eigenvalue weighted by Gasteiger charge is -2.37. The molecular weight excluding hydrogens is 189 g/mol. The Kier molecular flexibility index (Phi) is 3.08. The highest BCUT2D eigenvalue weighted by Crippen LogP contribution is 2.40. The molecule has 0 aliphatic heterocycles. The highest BCUT2D eigenvalue weighted by atomic mass is 19.1. The van der Waals surface area contributed by atoms with Gasteiger partial charge in [-0.05, 0) is 12.8 Å². The van der Waals surface area contributed by atoms with Gasteiger partial charge in [0.05, 0.1) is 0 Å². The van der Waals surface area contributed by atoms with Crippen molar-refractivity contribution in [2.24, 2.45) is 5.41 Å². The number of hydrogen-bond donors (Lipinski definition) is 2. The summed E-state index contributed by atoms with van der Waals surface area (Å²) < 4.78 is 12.2. The second-order valence-electron chi connectivity index (χ2n) is 3.93. The van der Waals surface area contributed by atoms with Gasteiger partial charge in [-0.3, -0.25) is 4.79 Å². The summed E-state index contributed by atoms with van der Waals surface area (Å²) in [4.78, 5) is 21.9. The van der Waals surface area contributed by atoms with Crippen molar-refractivity contribution < 1.29 is 19.1 Å². The van der Waals surface area contributed by atoms with Crippen LogP contribution in [0.3, 0.4) is 0 Å². The Morgan fingerprint density at radius 3 is 2.43 bits per heavy atom. The molecule has 0 radical (unpaired) electrons. The SMILES string of the molecule is CC1(C(=O)NC(CF)C(=O)O)CCC1. The molecule has 0 bridgehead atoms. The lowest BCUT2D eigenvalue weighted by atomic mass is 9.70. The molecule has 0 spiro atoms. The summed E-state index contributed by atoms with van der Waals surface area (Å²) in [6.07, 6.45) is 2.46. The number of hydrogen-bond acceptors (Lipinski definition) is 2. The molecular formula is C9H14FNO3. The van der Waals surface area contributed by atoms with Crippen molar-refractivity contribution >= 4 is 11.9 Å². The molecule has 2 N–H and O–H groups in total. The van der Waals surface area contributed by atoms with Gasteiger partial charge in [0.25, 0.3) is 0 Å². The highest BCUT2D eigenvalue weighted by Gasteiger charge is 2.40. The maximum absolute atomic E-state index is 12.2. The van der Waals surface area contributed by atoms with E-state index in [0.29, 0.717) is 0 Å². The highest BCUT2D eigenvalue weighted by molar-refractivity contribution is 5.87. The molecule has 0 heterocycles. The first kappa shape index (κ1) is 10.9. The molecule has 1 aliphatic rings. The lowest BCUT2D eigenvalue weighted by molar-refractivity contribution is -0.145. The number of aliphatic carboxylic acids is 1. The van der Waals surface area contributed by atoms with E-state index < -0.39 is 24.1 Å². The van der Waals surface area contributed by atoms with Crippen molar-refractivity contribution in [3.63, 3.8) is 0 Å². The predicted molar refractivity (Wildman–Crippen MR) is 47.5 cm³/mol. The molecule has 14 heavy (non-hydrogen) atoms. The van der Waals surface area contributed by atoms with Crippen LogP contribution < -0.4 is 5.32 Å². The Bertz CT molecular complexity index is 250. The van der Waals surface area contributed by atoms with Crippen LogP contribution in [-0.2, 0) is 9.59 Å². The zero-order chi connectivity index (χ0) is 10.8. The van der Waals surface area contributed by atoms with Crippen LogP contribution in [-0.4, -0.2) is 29.7 Å². The average Bonchev–Trinajstić information content (AvgIpc) is 2.09. The molecule has 0 saturated heterocycles. The van der Waals surface area contributed by atoms with Crippen molar-refractivity contribution in [3.05, 3.63) is 0 Å². The van der Waals surface area contributed by atoms with Crippen LogP contribution in [0.5, 0.6) is 0 Å². The number of nitrogens with one attached hydrogen (secondary N) is 1. The molecule has 1 saturated carbocycles. The molecule has 1 unspecified atom stereocenters. The second-order valence-corrected chi connectivity index (χ2v) is 3.93. The quantitative estimate of drug-likeness (QED) is 0.707. The Labute approximate surface area is 81.5 Å². The average molecular weight is 203 g/mol. The van der Waals surface area contributed by atoms with E-state index in [2.05, 4.69) is 5.32 Å². The van der Waals surface area contributed by atoms with Gasteiger partial charge >= 0.3 is 5.97 Å². The van der Waals surface area contributed by atoms with Gasteiger partial charge in [-0.1, -0.05) is 13.3 Å². The number of amides is 1. The molecule has 4 nitrogen and oxygen atoms in total. The maximum Gasteiger partial charge on any atom is 0.328 e. The van der Waals surface area contributed by atoms with Gasteiger partial charge in [0.2, 0.25) is 5.91 Å². The van der Waals surface area contributed by atoms with Gasteiger partial charge in [0.1, 0.15) is 6.67 Å². The van der Waals surface area contributed by atoms with Gasteiger partial charge in [0, 0.05) is 5.41 Å². The number of halogens is 1. The monoisotopic (exact) mass is 203 g/mol. The first-order valence-electron chi connectivity index (χ1n) is 4.59. The van der Waals surface area contributed by atoms with Gasteiger partial charge in [-0.15, -0.1) is 0 Å². The fraction of sp³-hybridized carbons (Fsp3) is 0.778. The van der Waals surface area contributed by atoms with Crippen molar-refractivity contribution in [2.75, 3.05) is 6.67 Å². The fourth-order valence-electron chi connectivity index (χ4n) is 1.43. The third kappa shape index (κ3) is 2.02. The Morgan fingerprint density at radius 1 is 1.57 bits per heavy atom. The van der Waals surface area contributed by atoms with Crippen LogP contribution in [0.2, 0.25) is 0 Å². The lowest BCUT2D eigenvalue weighted by Crippen LogP contribution is -2.50. The van der Waals surface area contributed by atoms with Gasteiger partial charge in [-0.25, -0.2) is 9.18 Å². The third-order valence-electron chi connectivity index (χ3n) is 2.76. The van der Waals surface area contributed by atoms with E-state index in [0.717, 1.165) is 19.3 Å². The largest absolute Gasteiger partial charge is 0.480 e. The molecule has 1 atom stereocenters. The molecule has 1 aliphatic carbocycles. The van der Waals surface area contributed by atoms with Crippen LogP contribution >= 0.6 is 0 Å². The van der Waals surface area contributed by atoms with E-state index in [1.165, 1.54) is 0 Å². The van der Waals surface area contributed by atoms with E-state index in [4.69, 9.17) is 5.11 Å². The van der Waals surface area contributed by atoms with Gasteiger partial charge in [0.15, 0.2) is 6.04 Å². The predicted octanol–water partition coefficient (Wildman–Crippen LogP) is 0.715. The minimum Gasteiger partial charge on any atom is -0.480 e. The summed E-state index contributed by atoms with van der Waals surface area (Å²) in [5, 5.41) is 10.7. The first-order valence-corrected chi connectivity index (χ1v) is 4.59. The smallest absolute Gasteiger partial charge is 0.328 e. The number of alkyl halides is 1. The zero-order valence-corrected chi connectivity index (χ0v) is 8.05. The molecule has 1 fully saturated rings. The normalized spacial score (nSPS) is 20.7. The Balaban J connectivity index is 2.50. The second kappa shape index (κ2) is 3.94. The maximum atomic E-state index is 12.2. The first-order chi connectivity index (χ1) is 6.49. The van der Waals surface area contributed by atoms with E-state index in [1.807, 2.05) is 0 Å². The summed E-state index contributed by atoms with van der Waals surface area (Å²) in [5.41, 5.74) is -0.483. The summed E-state index contributed by atoms with van der Waals surface area (Å²) in [6.45, 7) is 0.695. The molecule has 1 amide bonds. The van der Waals surface area contributed by atoms with Crippen LogP contribution in [0, 0.1) is 5.41 Å². The summed E-state index contributed by atoms with van der Waals surface area (Å²) in [5.74, 6) is -1.68. The molecule has 5 heteroatoms. The number of carboxylic acids is 1. The Hall–Kier alpha value is -1.13. The number of carboxylic acid groups (broad SMARTS) is 1. The molecule has 0 aromatic rings. The summed E-state index contributed by atoms with van der Waals surface area (Å²) >= 11 is 0. The van der Waals surface area contributed by atoms with Crippen LogP contribution in [0.1, 0.15) is 26.2 Å². The van der Waals surface area contributed by atoms with E-state index >= 15 is 0 Å². The molecule has 0 aromatic heterocycles. The number of carbonyl (C=O) groups is 2. The van der Waals surface area contributed by atoms with Crippen molar-refractivity contribution in [2.45, 2.75) is 32.2 Å². The van der Waals surface area contributed by atoms with Gasteiger partial charge in [-0.2, -0.15) is 0 Å². The van der Waals surface area contributed by atoms with Crippen LogP contribution in [0.15, 0.2) is 0 Å². The standard InChI is InChI=1S/C9H14FNO3/c1-9(3-2-4-9)8(14)11-6(5-10)7(12)13/h6H,2-5H2,1H3,(H,11,14)(H,12,13). The topological polar surface area (TPSA) is 66.4 Å². The third-order valence-corrected chi connectivity index (χ3v) is 2.76. The minimum atomic E-state index is -1.40. The molecule has 0 aromatic carbocycles. The van der Waals surface area contributed by atoms with E-state index in [1.54, 1.807) is 6.92 Å². The molecule has 1 rings (SSSR count). The van der Waals surface area contributed by atoms with E-state index in [9.17, 15) is 14.0 Å². The van der Waals surface area contributed by atoms with Crippen LogP contribution in [0.4, 0.5) is 4.39 Å². The van der Waals surface area contributed by atoms with E-state index in [-0.39, 0.29) is 5.91 Å². The number of carbonyl (C=O) groups excluding carboxylic acids is 1. The van der Waals surface area contributed by atoms with Crippen LogP contribution in [0.25, 0.3) is 0 Å². The van der Waals surface area contributed by atoms with Gasteiger partial charge < -0.3 is 10.4 Å². The molecule has 80 valence electrons. The minimum absolute atomic E-state index is 0.353. The fourth-order valence-corrected chi connectivity index (χ4v) is 1.43. The van der Waals surface area contributed by atoms with Crippen molar-refractivity contribution in [1.29, 1.82) is 0 Å². The van der Waals surface area contributed by atoms with Crippen molar-refractivity contribution in [3.8, 4) is 0 Å². The number of rotatable bonds is 4. The summed E-state index contributed by atoms with van der Waals surface area (Å²) in [6, 6.07) is -1.40. The zero-order valence-electron chi connectivity index (χ0n) is 8.05. The summed E-state index contributed by atoms with van der Waals surface area (Å²) in [7, 11) is 0.